The standard InChI is InChI=1S/C36H26N4O9/c41-29-14-13-24(22-9-1-2-10-23(22)29)30-25-11-12-26-31(35(44)37(33(26)42)18-5-3-7-20(15-18)39(46)47)27(25)17-28-32(30)36(45)38(34(28)43)19-6-4-8-21(16-19)40(48)49/h1-11,13-16,26-28,30-32,41H,12,17H2. The number of nitro groups is 2. The van der Waals surface area contributed by atoms with Crippen LogP contribution in [0, 0.1) is 49.8 Å². The van der Waals surface area contributed by atoms with Gasteiger partial charge in [0.2, 0.25) is 23.6 Å². The summed E-state index contributed by atoms with van der Waals surface area (Å²) in [4.78, 5) is 80.6. The van der Waals surface area contributed by atoms with E-state index in [2.05, 4.69) is 0 Å². The van der Waals surface area contributed by atoms with Crippen LogP contribution in [0.4, 0.5) is 22.7 Å². The van der Waals surface area contributed by atoms with Crippen molar-refractivity contribution in [1.29, 1.82) is 0 Å². The Balaban J connectivity index is 1.27. The average molecular weight is 659 g/mol. The second-order valence-corrected chi connectivity index (χ2v) is 12.8. The first-order valence-corrected chi connectivity index (χ1v) is 15.7. The monoisotopic (exact) mass is 658 g/mol. The van der Waals surface area contributed by atoms with E-state index in [1.165, 1.54) is 54.6 Å². The molecule has 2 aliphatic heterocycles. The maximum absolute atomic E-state index is 14.4. The molecule has 3 fully saturated rings. The van der Waals surface area contributed by atoms with Gasteiger partial charge in [-0.05, 0) is 47.9 Å². The summed E-state index contributed by atoms with van der Waals surface area (Å²) in [5, 5.41) is 35.0. The molecule has 6 atom stereocenters. The summed E-state index contributed by atoms with van der Waals surface area (Å²) in [7, 11) is 0. The zero-order valence-corrected chi connectivity index (χ0v) is 25.5. The van der Waals surface area contributed by atoms with Crippen LogP contribution in [0.15, 0.2) is 96.6 Å². The fraction of sp³-hybridized carbons (Fsp3) is 0.222. The highest BCUT2D eigenvalue weighted by Crippen LogP contribution is 2.59. The molecule has 0 aromatic heterocycles. The Hall–Kier alpha value is -6.24. The lowest BCUT2D eigenvalue weighted by atomic mass is 9.57. The number of nitro benzene ring substituents is 2. The molecule has 13 nitrogen and oxygen atoms in total. The third-order valence-electron chi connectivity index (χ3n) is 10.5. The number of imide groups is 2. The predicted molar refractivity (Wildman–Crippen MR) is 174 cm³/mol. The smallest absolute Gasteiger partial charge is 0.271 e. The van der Waals surface area contributed by atoms with E-state index < -0.39 is 69.0 Å². The summed E-state index contributed by atoms with van der Waals surface area (Å²) in [6, 6.07) is 21.0. The molecule has 244 valence electrons. The van der Waals surface area contributed by atoms with Gasteiger partial charge >= 0.3 is 0 Å². The van der Waals surface area contributed by atoms with Crippen LogP contribution in [0.2, 0.25) is 0 Å². The van der Waals surface area contributed by atoms with Gasteiger partial charge in [0.05, 0.1) is 44.9 Å². The van der Waals surface area contributed by atoms with Gasteiger partial charge in [-0.25, -0.2) is 9.80 Å². The molecule has 49 heavy (non-hydrogen) atoms. The van der Waals surface area contributed by atoms with E-state index in [0.29, 0.717) is 16.3 Å². The summed E-state index contributed by atoms with van der Waals surface area (Å²) < 4.78 is 0. The highest BCUT2D eigenvalue weighted by atomic mass is 16.6. The van der Waals surface area contributed by atoms with Gasteiger partial charge in [-0.2, -0.15) is 0 Å². The number of aromatic hydroxyl groups is 1. The molecule has 4 aromatic carbocycles. The van der Waals surface area contributed by atoms with Crippen molar-refractivity contribution in [3.05, 3.63) is 122 Å². The highest BCUT2D eigenvalue weighted by molar-refractivity contribution is 6.24. The normalized spacial score (nSPS) is 26.0. The molecule has 2 heterocycles. The number of amides is 4. The molecule has 0 spiro atoms. The number of allylic oxidation sites excluding steroid dienone is 2. The van der Waals surface area contributed by atoms with Crippen LogP contribution in [-0.4, -0.2) is 38.6 Å². The van der Waals surface area contributed by atoms with Gasteiger partial charge in [0, 0.05) is 35.6 Å². The van der Waals surface area contributed by atoms with Crippen molar-refractivity contribution in [3.63, 3.8) is 0 Å². The van der Waals surface area contributed by atoms with E-state index in [1.54, 1.807) is 24.3 Å². The fourth-order valence-corrected chi connectivity index (χ4v) is 8.51. The molecule has 4 aliphatic rings. The van der Waals surface area contributed by atoms with E-state index >= 15 is 0 Å². The number of phenolic OH excluding ortho intramolecular Hbond substituents is 1. The van der Waals surface area contributed by atoms with Crippen LogP contribution < -0.4 is 9.80 Å². The Labute approximate surface area is 277 Å². The van der Waals surface area contributed by atoms with Crippen molar-refractivity contribution in [1.82, 2.24) is 0 Å². The number of non-ortho nitro benzene ring substituents is 2. The predicted octanol–water partition coefficient (Wildman–Crippen LogP) is 5.41. The average Bonchev–Trinajstić information content (AvgIpc) is 3.51. The van der Waals surface area contributed by atoms with E-state index in [1.807, 2.05) is 12.1 Å². The molecule has 13 heteroatoms. The third-order valence-corrected chi connectivity index (χ3v) is 10.5. The lowest BCUT2D eigenvalue weighted by molar-refractivity contribution is -0.385. The number of anilines is 2. The molecule has 4 amide bonds. The number of carbonyl (C=O) groups excluding carboxylic acids is 4. The third kappa shape index (κ3) is 4.38. The summed E-state index contributed by atoms with van der Waals surface area (Å²) in [6.45, 7) is 0. The van der Waals surface area contributed by atoms with E-state index in [4.69, 9.17) is 0 Å². The molecular weight excluding hydrogens is 632 g/mol. The van der Waals surface area contributed by atoms with Gasteiger partial charge in [-0.1, -0.05) is 54.1 Å². The van der Waals surface area contributed by atoms with Gasteiger partial charge in [-0.15, -0.1) is 0 Å². The van der Waals surface area contributed by atoms with Crippen molar-refractivity contribution in [3.8, 4) is 5.75 Å². The SMILES string of the molecule is O=C1C2CC=C3C(CC4C(=O)N(c5cccc([N+](=O)[O-])c5)C(=O)C4C3c3ccc(O)c4ccccc34)C2C(=O)N1c1cccc([N+](=O)[O-])c1. The second kappa shape index (κ2) is 10.9. The molecule has 1 saturated carbocycles. The van der Waals surface area contributed by atoms with Crippen LogP contribution in [0.3, 0.4) is 0 Å². The number of nitrogens with zero attached hydrogens (tertiary/aromatic N) is 4. The van der Waals surface area contributed by atoms with Gasteiger partial charge < -0.3 is 5.11 Å². The number of phenols is 1. The first kappa shape index (κ1) is 30.1. The maximum atomic E-state index is 14.4. The number of hydrogen-bond acceptors (Lipinski definition) is 9. The number of fused-ring (bicyclic) bond motifs is 5. The summed E-state index contributed by atoms with van der Waals surface area (Å²) in [6.07, 6.45) is 2.12. The Morgan fingerprint density at radius 3 is 1.82 bits per heavy atom. The van der Waals surface area contributed by atoms with Crippen LogP contribution in [0.25, 0.3) is 10.8 Å². The van der Waals surface area contributed by atoms with Crippen molar-refractivity contribution in [2.75, 3.05) is 9.80 Å². The number of benzene rings is 4. The van der Waals surface area contributed by atoms with Crippen molar-refractivity contribution < 1.29 is 34.1 Å². The van der Waals surface area contributed by atoms with Crippen LogP contribution in [0.1, 0.15) is 24.3 Å². The quantitative estimate of drug-likeness (QED) is 0.127. The van der Waals surface area contributed by atoms with Crippen molar-refractivity contribution in [2.24, 2.45) is 29.6 Å². The number of rotatable bonds is 5. The van der Waals surface area contributed by atoms with E-state index in [-0.39, 0.29) is 41.3 Å². The fourth-order valence-electron chi connectivity index (χ4n) is 8.51. The summed E-state index contributed by atoms with van der Waals surface area (Å²) in [5.41, 5.74) is 0.965. The largest absolute Gasteiger partial charge is 0.507 e. The first-order chi connectivity index (χ1) is 23.6. The molecule has 1 N–H and O–H groups in total. The maximum Gasteiger partial charge on any atom is 0.271 e. The van der Waals surface area contributed by atoms with Gasteiger partial charge in [0.15, 0.2) is 0 Å². The minimum absolute atomic E-state index is 0.0251. The lowest BCUT2D eigenvalue weighted by Crippen LogP contribution is -2.43. The van der Waals surface area contributed by atoms with Crippen molar-refractivity contribution >= 4 is 57.2 Å². The molecule has 2 saturated heterocycles. The van der Waals surface area contributed by atoms with Crippen LogP contribution in [-0.2, 0) is 19.2 Å². The molecule has 4 aromatic rings. The lowest BCUT2D eigenvalue weighted by Gasteiger charge is -2.44. The first-order valence-electron chi connectivity index (χ1n) is 15.7. The molecular formula is C36H26N4O9. The zero-order valence-electron chi connectivity index (χ0n) is 25.5. The highest BCUT2D eigenvalue weighted by Gasteiger charge is 2.62. The van der Waals surface area contributed by atoms with Gasteiger partial charge in [-0.3, -0.25) is 39.4 Å². The minimum atomic E-state index is -0.932. The number of carbonyl (C=O) groups is 4. The van der Waals surface area contributed by atoms with E-state index in [9.17, 15) is 44.5 Å². The minimum Gasteiger partial charge on any atom is -0.507 e. The second-order valence-electron chi connectivity index (χ2n) is 12.8. The Morgan fingerprint density at radius 2 is 1.20 bits per heavy atom. The molecule has 8 rings (SSSR count). The molecule has 0 bridgehead atoms. The Bertz CT molecular complexity index is 2210. The van der Waals surface area contributed by atoms with Crippen LogP contribution in [0.5, 0.6) is 5.75 Å². The molecule has 6 unspecified atom stereocenters. The molecule has 0 radical (unpaired) electrons. The van der Waals surface area contributed by atoms with Gasteiger partial charge in [0.25, 0.3) is 11.4 Å². The van der Waals surface area contributed by atoms with Gasteiger partial charge in [0.1, 0.15) is 5.75 Å². The summed E-state index contributed by atoms with van der Waals surface area (Å²) >= 11 is 0. The zero-order chi connectivity index (χ0) is 34.3. The van der Waals surface area contributed by atoms with Crippen LogP contribution >= 0.6 is 0 Å². The number of hydrogen-bond donors (Lipinski definition) is 1. The van der Waals surface area contributed by atoms with E-state index in [0.717, 1.165) is 15.4 Å². The Morgan fingerprint density at radius 1 is 0.633 bits per heavy atom. The summed E-state index contributed by atoms with van der Waals surface area (Å²) in [5.74, 6) is -7.01. The molecule has 2 aliphatic carbocycles. The topological polar surface area (TPSA) is 181 Å². The Kier molecular flexibility index (Phi) is 6.70. The van der Waals surface area contributed by atoms with Crippen molar-refractivity contribution in [2.45, 2.75) is 18.8 Å².